The summed E-state index contributed by atoms with van der Waals surface area (Å²) in [5.74, 6) is 0.107. The van der Waals surface area contributed by atoms with Crippen LogP contribution in [0.15, 0.2) is 0 Å². The molecule has 3 nitrogen and oxygen atoms in total. The fraction of sp³-hybridized carbons (Fsp3) is 0.857. The van der Waals surface area contributed by atoms with Gasteiger partial charge in [0.1, 0.15) is 0 Å². The van der Waals surface area contributed by atoms with E-state index in [1.165, 1.54) is 0 Å². The fourth-order valence-electron chi connectivity index (χ4n) is 0.798. The van der Waals surface area contributed by atoms with Crippen LogP contribution in [-0.4, -0.2) is 25.2 Å². The molecule has 1 rings (SSSR count). The summed E-state index contributed by atoms with van der Waals surface area (Å²) >= 11 is 0. The van der Waals surface area contributed by atoms with Crippen LogP contribution in [0.2, 0.25) is 0 Å². The van der Waals surface area contributed by atoms with E-state index in [4.69, 9.17) is 4.74 Å². The molecule has 1 heterocycles. The summed E-state index contributed by atoms with van der Waals surface area (Å²) in [5, 5.41) is 2.77. The Hall–Kier alpha value is -0.570. The molecule has 1 saturated heterocycles. The Kier molecular flexibility index (Phi) is 2.68. The highest BCUT2D eigenvalue weighted by Gasteiger charge is 2.17. The van der Waals surface area contributed by atoms with Crippen LogP contribution < -0.4 is 5.32 Å². The lowest BCUT2D eigenvalue weighted by molar-refractivity contribution is -0.122. The van der Waals surface area contributed by atoms with Crippen LogP contribution in [0, 0.1) is 0 Å². The zero-order valence-electron chi connectivity index (χ0n) is 6.22. The van der Waals surface area contributed by atoms with Gasteiger partial charge in [0, 0.05) is 19.6 Å². The fourth-order valence-corrected chi connectivity index (χ4v) is 0.798. The van der Waals surface area contributed by atoms with Crippen molar-refractivity contribution in [2.75, 3.05) is 13.2 Å². The van der Waals surface area contributed by atoms with Crippen molar-refractivity contribution in [3.8, 4) is 0 Å². The highest BCUT2D eigenvalue weighted by Crippen LogP contribution is 2.08. The molecule has 1 atom stereocenters. The summed E-state index contributed by atoms with van der Waals surface area (Å²) in [7, 11) is 0. The predicted octanol–water partition coefficient (Wildman–Crippen LogP) is 0.301. The van der Waals surface area contributed by atoms with E-state index >= 15 is 0 Å². The molecule has 0 radical (unpaired) electrons. The lowest BCUT2D eigenvalue weighted by Gasteiger charge is -2.26. The molecule has 10 heavy (non-hydrogen) atoms. The molecular weight excluding hydrogens is 130 g/mol. The Bertz CT molecular complexity index is 121. The summed E-state index contributed by atoms with van der Waals surface area (Å²) in [5.41, 5.74) is 0. The molecule has 58 valence electrons. The molecular formula is C7H13NO2. The highest BCUT2D eigenvalue weighted by atomic mass is 16.5. The molecule has 0 aliphatic carbocycles. The van der Waals surface area contributed by atoms with Crippen LogP contribution in [0.25, 0.3) is 0 Å². The van der Waals surface area contributed by atoms with Crippen molar-refractivity contribution in [3.05, 3.63) is 0 Å². The maximum atomic E-state index is 10.7. The second-order valence-corrected chi connectivity index (χ2v) is 2.44. The average molecular weight is 143 g/mol. The Balaban J connectivity index is 1.98. The van der Waals surface area contributed by atoms with Gasteiger partial charge in [0.05, 0.1) is 6.10 Å². The minimum atomic E-state index is 0.107. The molecule has 0 aromatic carbocycles. The van der Waals surface area contributed by atoms with E-state index < -0.39 is 0 Å². The third-order valence-electron chi connectivity index (χ3n) is 1.64. The van der Waals surface area contributed by atoms with E-state index in [1.807, 2.05) is 6.92 Å². The molecule has 0 aromatic rings. The molecule has 1 aliphatic rings. The minimum Gasteiger partial charge on any atom is -0.376 e. The Labute approximate surface area is 60.7 Å². The van der Waals surface area contributed by atoms with Crippen molar-refractivity contribution < 1.29 is 9.53 Å². The summed E-state index contributed by atoms with van der Waals surface area (Å²) in [4.78, 5) is 10.7. The number of rotatable bonds is 3. The van der Waals surface area contributed by atoms with Crippen molar-refractivity contribution in [1.82, 2.24) is 5.32 Å². The number of ether oxygens (including phenoxy) is 1. The van der Waals surface area contributed by atoms with Gasteiger partial charge in [-0.05, 0) is 6.42 Å². The third-order valence-corrected chi connectivity index (χ3v) is 1.64. The topological polar surface area (TPSA) is 38.3 Å². The second-order valence-electron chi connectivity index (χ2n) is 2.44. The Morgan fingerprint density at radius 3 is 2.90 bits per heavy atom. The van der Waals surface area contributed by atoms with E-state index in [2.05, 4.69) is 5.32 Å². The lowest BCUT2D eigenvalue weighted by atomic mass is 10.2. The number of hydrogen-bond acceptors (Lipinski definition) is 2. The Morgan fingerprint density at radius 2 is 2.50 bits per heavy atom. The number of carbonyl (C=O) groups is 1. The summed E-state index contributed by atoms with van der Waals surface area (Å²) in [6.07, 6.45) is 1.94. The van der Waals surface area contributed by atoms with Crippen molar-refractivity contribution in [2.24, 2.45) is 0 Å². The van der Waals surface area contributed by atoms with Crippen LogP contribution in [0.3, 0.4) is 0 Å². The largest absolute Gasteiger partial charge is 0.376 e. The zero-order valence-corrected chi connectivity index (χ0v) is 6.22. The SMILES string of the molecule is CCC(=O)NCC1CCO1. The maximum Gasteiger partial charge on any atom is 0.219 e. The summed E-state index contributed by atoms with van der Waals surface area (Å²) < 4.78 is 5.11. The van der Waals surface area contributed by atoms with Crippen LogP contribution >= 0.6 is 0 Å². The zero-order chi connectivity index (χ0) is 7.40. The van der Waals surface area contributed by atoms with Gasteiger partial charge in [-0.15, -0.1) is 0 Å². The average Bonchev–Trinajstić information content (AvgIpc) is 1.84. The molecule has 1 unspecified atom stereocenters. The molecule has 1 aliphatic heterocycles. The van der Waals surface area contributed by atoms with E-state index in [0.717, 1.165) is 13.0 Å². The molecule has 0 saturated carbocycles. The van der Waals surface area contributed by atoms with E-state index in [9.17, 15) is 4.79 Å². The van der Waals surface area contributed by atoms with E-state index in [0.29, 0.717) is 13.0 Å². The quantitative estimate of drug-likeness (QED) is 0.617. The van der Waals surface area contributed by atoms with Crippen molar-refractivity contribution in [3.63, 3.8) is 0 Å². The minimum absolute atomic E-state index is 0.107. The molecule has 1 N–H and O–H groups in total. The predicted molar refractivity (Wildman–Crippen MR) is 37.7 cm³/mol. The molecule has 0 aromatic heterocycles. The Morgan fingerprint density at radius 1 is 1.80 bits per heavy atom. The van der Waals surface area contributed by atoms with Gasteiger partial charge in [-0.25, -0.2) is 0 Å². The standard InChI is InChI=1S/C7H13NO2/c1-2-7(9)8-5-6-3-4-10-6/h6H,2-5H2,1H3,(H,8,9). The van der Waals surface area contributed by atoms with E-state index in [-0.39, 0.29) is 12.0 Å². The first-order valence-corrected chi connectivity index (χ1v) is 3.71. The van der Waals surface area contributed by atoms with Crippen LogP contribution in [-0.2, 0) is 9.53 Å². The normalized spacial score (nSPS) is 23.5. The number of hydrogen-bond donors (Lipinski definition) is 1. The van der Waals surface area contributed by atoms with Gasteiger partial charge in [-0.2, -0.15) is 0 Å². The first-order chi connectivity index (χ1) is 4.83. The number of amides is 1. The first kappa shape index (κ1) is 7.54. The number of carbonyl (C=O) groups excluding carboxylic acids is 1. The molecule has 0 bridgehead atoms. The molecule has 1 amide bonds. The lowest BCUT2D eigenvalue weighted by Crippen LogP contribution is -2.39. The van der Waals surface area contributed by atoms with Crippen molar-refractivity contribution in [2.45, 2.75) is 25.9 Å². The third kappa shape index (κ3) is 1.99. The molecule has 3 heteroatoms. The molecule has 1 fully saturated rings. The first-order valence-electron chi connectivity index (χ1n) is 3.71. The van der Waals surface area contributed by atoms with Gasteiger partial charge in [0.15, 0.2) is 0 Å². The van der Waals surface area contributed by atoms with Crippen LogP contribution in [0.1, 0.15) is 19.8 Å². The van der Waals surface area contributed by atoms with Gasteiger partial charge < -0.3 is 10.1 Å². The van der Waals surface area contributed by atoms with Crippen molar-refractivity contribution in [1.29, 1.82) is 0 Å². The number of nitrogens with one attached hydrogen (secondary N) is 1. The monoisotopic (exact) mass is 143 g/mol. The maximum absolute atomic E-state index is 10.7. The van der Waals surface area contributed by atoms with Gasteiger partial charge in [0.2, 0.25) is 5.91 Å². The molecule has 0 spiro atoms. The van der Waals surface area contributed by atoms with Gasteiger partial charge >= 0.3 is 0 Å². The van der Waals surface area contributed by atoms with Crippen LogP contribution in [0.4, 0.5) is 0 Å². The van der Waals surface area contributed by atoms with Gasteiger partial charge in [0.25, 0.3) is 0 Å². The smallest absolute Gasteiger partial charge is 0.219 e. The highest BCUT2D eigenvalue weighted by molar-refractivity contribution is 5.75. The van der Waals surface area contributed by atoms with Gasteiger partial charge in [-0.1, -0.05) is 6.92 Å². The van der Waals surface area contributed by atoms with Crippen LogP contribution in [0.5, 0.6) is 0 Å². The van der Waals surface area contributed by atoms with E-state index in [1.54, 1.807) is 0 Å². The summed E-state index contributed by atoms with van der Waals surface area (Å²) in [6, 6.07) is 0. The van der Waals surface area contributed by atoms with Gasteiger partial charge in [-0.3, -0.25) is 4.79 Å². The second kappa shape index (κ2) is 3.56. The van der Waals surface area contributed by atoms with Crippen molar-refractivity contribution >= 4 is 5.91 Å². The summed E-state index contributed by atoms with van der Waals surface area (Å²) in [6.45, 7) is 3.39.